The molecule has 1 aliphatic rings. The Bertz CT molecular complexity index is 678. The van der Waals surface area contributed by atoms with Crippen molar-refractivity contribution in [1.29, 1.82) is 0 Å². The molecule has 0 aliphatic carbocycles. The first-order chi connectivity index (χ1) is 10.5. The van der Waals surface area contributed by atoms with E-state index >= 15 is 0 Å². The monoisotopic (exact) mass is 319 g/mol. The molecule has 1 heterocycles. The van der Waals surface area contributed by atoms with Gasteiger partial charge in [0.05, 0.1) is 5.60 Å². The summed E-state index contributed by atoms with van der Waals surface area (Å²) in [5.74, 6) is -0.603. The number of benzene rings is 2. The van der Waals surface area contributed by atoms with Crippen molar-refractivity contribution in [1.82, 2.24) is 4.90 Å². The van der Waals surface area contributed by atoms with Gasteiger partial charge < -0.3 is 10.0 Å². The maximum Gasteiger partial charge on any atom is 0.126 e. The second-order valence-corrected chi connectivity index (χ2v) is 6.46. The fourth-order valence-corrected chi connectivity index (χ4v) is 3.50. The lowest BCUT2D eigenvalue weighted by Gasteiger charge is -2.44. The van der Waals surface area contributed by atoms with Gasteiger partial charge in [-0.15, -0.1) is 0 Å². The van der Waals surface area contributed by atoms with Crippen LogP contribution in [0, 0.1) is 5.82 Å². The van der Waals surface area contributed by atoms with Crippen LogP contribution in [0.2, 0.25) is 5.02 Å². The van der Waals surface area contributed by atoms with Crippen molar-refractivity contribution in [2.45, 2.75) is 17.9 Å². The highest BCUT2D eigenvalue weighted by Crippen LogP contribution is 2.44. The summed E-state index contributed by atoms with van der Waals surface area (Å²) in [4.78, 5) is 2.12. The van der Waals surface area contributed by atoms with Crippen LogP contribution < -0.4 is 0 Å². The molecule has 2 aromatic rings. The molecule has 0 radical (unpaired) electrons. The maximum absolute atomic E-state index is 14.3. The molecule has 116 valence electrons. The molecule has 1 N–H and O–H groups in total. The third-order valence-corrected chi connectivity index (χ3v) is 4.79. The van der Waals surface area contributed by atoms with Crippen molar-refractivity contribution >= 4 is 11.6 Å². The largest absolute Gasteiger partial charge is 0.384 e. The van der Waals surface area contributed by atoms with E-state index < -0.39 is 5.60 Å². The smallest absolute Gasteiger partial charge is 0.126 e. The van der Waals surface area contributed by atoms with E-state index in [9.17, 15) is 9.50 Å². The van der Waals surface area contributed by atoms with Crippen LogP contribution in [0.3, 0.4) is 0 Å². The Morgan fingerprint density at radius 3 is 2.73 bits per heavy atom. The molecule has 0 aromatic heterocycles. The molecule has 0 unspecified atom stereocenters. The normalized spacial score (nSPS) is 26.1. The Morgan fingerprint density at radius 1 is 1.23 bits per heavy atom. The number of nitrogens with zero attached hydrogens (tertiary/aromatic N) is 1. The van der Waals surface area contributed by atoms with Gasteiger partial charge in [0.1, 0.15) is 5.82 Å². The molecule has 2 aromatic carbocycles. The molecular weight excluding hydrogens is 301 g/mol. The van der Waals surface area contributed by atoms with E-state index in [0.29, 0.717) is 23.6 Å². The number of aliphatic hydroxyl groups is 1. The fraction of sp³-hybridized carbons (Fsp3) is 0.333. The van der Waals surface area contributed by atoms with E-state index in [1.807, 2.05) is 25.2 Å². The van der Waals surface area contributed by atoms with Crippen LogP contribution in [0.4, 0.5) is 4.39 Å². The summed E-state index contributed by atoms with van der Waals surface area (Å²) < 4.78 is 14.3. The van der Waals surface area contributed by atoms with Crippen LogP contribution >= 0.6 is 11.6 Å². The third-order valence-electron chi connectivity index (χ3n) is 4.55. The van der Waals surface area contributed by atoms with Gasteiger partial charge in [0, 0.05) is 24.0 Å². The molecule has 3 rings (SSSR count). The summed E-state index contributed by atoms with van der Waals surface area (Å²) in [6.45, 7) is 1.36. The second-order valence-electron chi connectivity index (χ2n) is 6.02. The van der Waals surface area contributed by atoms with Crippen molar-refractivity contribution in [3.05, 3.63) is 70.5 Å². The van der Waals surface area contributed by atoms with Crippen LogP contribution in [0.25, 0.3) is 0 Å². The highest BCUT2D eigenvalue weighted by molar-refractivity contribution is 6.30. The summed E-state index contributed by atoms with van der Waals surface area (Å²) in [6, 6.07) is 13.9. The minimum absolute atomic E-state index is 0.275. The molecule has 0 bridgehead atoms. The zero-order valence-electron chi connectivity index (χ0n) is 12.5. The summed E-state index contributed by atoms with van der Waals surface area (Å²) >= 11 is 6.08. The first-order valence-electron chi connectivity index (χ1n) is 7.42. The quantitative estimate of drug-likeness (QED) is 0.910. The number of likely N-dealkylation sites (N-methyl/N-ethyl adjacent to an activating group) is 1. The standard InChI is InChI=1S/C18H19ClFNO/c1-21-10-9-18(22,13-5-4-6-14(19)11-13)16(12-21)15-7-2-3-8-17(15)20/h2-8,11,16,22H,9-10,12H2,1H3/t16-,18-/m1/s1. The Labute approximate surface area is 135 Å². The van der Waals surface area contributed by atoms with Gasteiger partial charge in [0.15, 0.2) is 0 Å². The minimum atomic E-state index is -1.11. The highest BCUT2D eigenvalue weighted by atomic mass is 35.5. The number of likely N-dealkylation sites (tertiary alicyclic amines) is 1. The van der Waals surface area contributed by atoms with Crippen molar-refractivity contribution in [2.24, 2.45) is 0 Å². The van der Waals surface area contributed by atoms with E-state index in [-0.39, 0.29) is 11.7 Å². The van der Waals surface area contributed by atoms with Crippen molar-refractivity contribution < 1.29 is 9.50 Å². The lowest BCUT2D eigenvalue weighted by Crippen LogP contribution is -2.47. The summed E-state index contributed by atoms with van der Waals surface area (Å²) in [6.07, 6.45) is 0.544. The molecule has 1 saturated heterocycles. The predicted molar refractivity (Wildman–Crippen MR) is 86.6 cm³/mol. The topological polar surface area (TPSA) is 23.5 Å². The lowest BCUT2D eigenvalue weighted by atomic mass is 9.72. The summed E-state index contributed by atoms with van der Waals surface area (Å²) in [5, 5.41) is 12.0. The molecule has 4 heteroatoms. The van der Waals surface area contributed by atoms with Crippen LogP contribution in [-0.2, 0) is 5.60 Å². The van der Waals surface area contributed by atoms with E-state index in [4.69, 9.17) is 11.6 Å². The number of hydrogen-bond acceptors (Lipinski definition) is 2. The minimum Gasteiger partial charge on any atom is -0.384 e. The Hall–Kier alpha value is -1.42. The van der Waals surface area contributed by atoms with Gasteiger partial charge in [-0.3, -0.25) is 0 Å². The van der Waals surface area contributed by atoms with Gasteiger partial charge in [-0.25, -0.2) is 4.39 Å². The van der Waals surface area contributed by atoms with Gasteiger partial charge in [0.2, 0.25) is 0 Å². The number of rotatable bonds is 2. The molecule has 0 amide bonds. The highest BCUT2D eigenvalue weighted by Gasteiger charge is 2.43. The lowest BCUT2D eigenvalue weighted by molar-refractivity contribution is -0.0428. The van der Waals surface area contributed by atoms with E-state index in [2.05, 4.69) is 4.90 Å². The first-order valence-corrected chi connectivity index (χ1v) is 7.80. The molecule has 1 fully saturated rings. The van der Waals surface area contributed by atoms with Crippen LogP contribution in [0.1, 0.15) is 23.5 Å². The van der Waals surface area contributed by atoms with Gasteiger partial charge in [0.25, 0.3) is 0 Å². The number of halogens is 2. The average molecular weight is 320 g/mol. The van der Waals surface area contributed by atoms with Gasteiger partial charge in [-0.05, 0) is 42.8 Å². The van der Waals surface area contributed by atoms with Gasteiger partial charge in [-0.2, -0.15) is 0 Å². The van der Waals surface area contributed by atoms with E-state index in [1.165, 1.54) is 6.07 Å². The third kappa shape index (κ3) is 2.76. The predicted octanol–water partition coefficient (Wildman–Crippen LogP) is 3.79. The van der Waals surface area contributed by atoms with Crippen molar-refractivity contribution in [2.75, 3.05) is 20.1 Å². The summed E-state index contributed by atoms with van der Waals surface area (Å²) in [7, 11) is 1.99. The molecule has 0 saturated carbocycles. The van der Waals surface area contributed by atoms with Gasteiger partial charge >= 0.3 is 0 Å². The zero-order valence-corrected chi connectivity index (χ0v) is 13.2. The maximum atomic E-state index is 14.3. The molecule has 0 spiro atoms. The molecule has 22 heavy (non-hydrogen) atoms. The Balaban J connectivity index is 2.09. The van der Waals surface area contributed by atoms with E-state index in [1.54, 1.807) is 24.3 Å². The molecule has 1 aliphatic heterocycles. The number of hydrogen-bond donors (Lipinski definition) is 1. The SMILES string of the molecule is CN1CC[C@@](O)(c2cccc(Cl)c2)[C@@H](c2ccccc2F)C1. The van der Waals surface area contributed by atoms with Crippen LogP contribution in [-0.4, -0.2) is 30.1 Å². The van der Waals surface area contributed by atoms with Crippen LogP contribution in [0.15, 0.2) is 48.5 Å². The zero-order chi connectivity index (χ0) is 15.7. The Kier molecular flexibility index (Phi) is 4.22. The fourth-order valence-electron chi connectivity index (χ4n) is 3.31. The van der Waals surface area contributed by atoms with E-state index in [0.717, 1.165) is 12.1 Å². The molecular formula is C18H19ClFNO. The summed E-state index contributed by atoms with van der Waals surface area (Å²) in [5.41, 5.74) is 0.192. The second kappa shape index (κ2) is 5.99. The molecule has 2 atom stereocenters. The Morgan fingerprint density at radius 2 is 2.00 bits per heavy atom. The average Bonchev–Trinajstić information content (AvgIpc) is 2.51. The van der Waals surface area contributed by atoms with Crippen LogP contribution in [0.5, 0.6) is 0 Å². The van der Waals surface area contributed by atoms with Crippen molar-refractivity contribution in [3.8, 4) is 0 Å². The molecule has 2 nitrogen and oxygen atoms in total. The van der Waals surface area contributed by atoms with Crippen molar-refractivity contribution in [3.63, 3.8) is 0 Å². The first kappa shape index (κ1) is 15.5. The number of piperidine rings is 1. The van der Waals surface area contributed by atoms with Gasteiger partial charge in [-0.1, -0.05) is 41.9 Å².